The van der Waals surface area contributed by atoms with E-state index >= 15 is 0 Å². The third-order valence-electron chi connectivity index (χ3n) is 2.40. The van der Waals surface area contributed by atoms with Gasteiger partial charge in [0.25, 0.3) is 0 Å². The van der Waals surface area contributed by atoms with Crippen LogP contribution in [-0.4, -0.2) is 25.6 Å². The molecule has 0 aliphatic heterocycles. The number of ether oxygens (including phenoxy) is 1. The highest BCUT2D eigenvalue weighted by Crippen LogP contribution is 2.20. The van der Waals surface area contributed by atoms with Gasteiger partial charge in [-0.1, -0.05) is 0 Å². The molecule has 2 aromatic rings. The Balaban J connectivity index is 0.000000261. The zero-order valence-electron chi connectivity index (χ0n) is 11.5. The first kappa shape index (κ1) is 18.0. The fraction of sp³-hybridized carbons (Fsp3) is 0.250. The van der Waals surface area contributed by atoms with E-state index in [4.69, 9.17) is 22.1 Å². The first-order valence-electron chi connectivity index (χ1n) is 5.66. The van der Waals surface area contributed by atoms with Crippen molar-refractivity contribution in [1.29, 1.82) is 0 Å². The van der Waals surface area contributed by atoms with Crippen LogP contribution in [-0.2, 0) is 17.2 Å². The topological polar surface area (TPSA) is 83.5 Å². The smallest absolute Gasteiger partial charge is 0.485 e. The minimum Gasteiger partial charge on any atom is -0.741 e. The van der Waals surface area contributed by atoms with Crippen molar-refractivity contribution in [2.45, 2.75) is 5.51 Å². The summed E-state index contributed by atoms with van der Waals surface area (Å²) in [6.07, 6.45) is 3.54. The number of oxazole rings is 1. The normalized spacial score (nSPS) is 11.5. The van der Waals surface area contributed by atoms with Gasteiger partial charge < -0.3 is 13.7 Å². The number of aromatic nitrogens is 1. The molecule has 0 unspecified atom stereocenters. The molecule has 122 valence electrons. The summed E-state index contributed by atoms with van der Waals surface area (Å²) in [6.45, 7) is 0. The van der Waals surface area contributed by atoms with Crippen molar-refractivity contribution < 1.29 is 39.9 Å². The third kappa shape index (κ3) is 4.74. The highest BCUT2D eigenvalue weighted by molar-refractivity contribution is 7.86. The first-order chi connectivity index (χ1) is 10.1. The van der Waals surface area contributed by atoms with Crippen LogP contribution in [0.1, 0.15) is 0 Å². The van der Waals surface area contributed by atoms with Gasteiger partial charge in [-0.05, 0) is 24.3 Å². The predicted molar refractivity (Wildman–Crippen MR) is 67.6 cm³/mol. The molecule has 6 nitrogen and oxygen atoms in total. The first-order valence-corrected chi connectivity index (χ1v) is 7.07. The molecule has 10 heteroatoms. The molecular weight excluding hydrogens is 327 g/mol. The van der Waals surface area contributed by atoms with E-state index in [9.17, 15) is 13.2 Å². The monoisotopic (exact) mass is 339 g/mol. The lowest BCUT2D eigenvalue weighted by molar-refractivity contribution is -0.662. The number of hydrogen-bond acceptors (Lipinski definition) is 5. The van der Waals surface area contributed by atoms with E-state index in [1.807, 2.05) is 42.1 Å². The molecule has 22 heavy (non-hydrogen) atoms. The SMILES string of the molecule is COc1ccc(-c2occ[n+]2C)cc1.O=S(=O)([O-])C(F)(F)F. The molecular formula is C12H12F3NO5S. The van der Waals surface area contributed by atoms with Crippen molar-refractivity contribution in [3.05, 3.63) is 36.7 Å². The lowest BCUT2D eigenvalue weighted by atomic mass is 10.2. The Kier molecular flexibility index (Phi) is 5.55. The second-order valence-electron chi connectivity index (χ2n) is 3.95. The Bertz CT molecular complexity index is 707. The van der Waals surface area contributed by atoms with Gasteiger partial charge in [0.15, 0.2) is 16.4 Å². The molecule has 0 fully saturated rings. The fourth-order valence-electron chi connectivity index (χ4n) is 1.34. The van der Waals surface area contributed by atoms with Crippen molar-refractivity contribution in [3.63, 3.8) is 0 Å². The molecule has 0 saturated heterocycles. The van der Waals surface area contributed by atoms with E-state index in [-0.39, 0.29) is 0 Å². The van der Waals surface area contributed by atoms with Crippen LogP contribution in [0.25, 0.3) is 11.5 Å². The average molecular weight is 339 g/mol. The van der Waals surface area contributed by atoms with Gasteiger partial charge in [-0.3, -0.25) is 0 Å². The Labute approximate surface area is 124 Å². The van der Waals surface area contributed by atoms with Gasteiger partial charge in [-0.2, -0.15) is 17.7 Å². The molecule has 0 amide bonds. The molecule has 0 spiro atoms. The summed E-state index contributed by atoms with van der Waals surface area (Å²) in [5.74, 6) is 1.69. The number of methoxy groups -OCH3 is 1. The molecule has 0 aliphatic rings. The Morgan fingerprint density at radius 1 is 1.23 bits per heavy atom. The van der Waals surface area contributed by atoms with Crippen LogP contribution >= 0.6 is 0 Å². The number of aryl methyl sites for hydroxylation is 1. The molecule has 0 bridgehead atoms. The van der Waals surface area contributed by atoms with Crippen LogP contribution in [0.4, 0.5) is 13.2 Å². The van der Waals surface area contributed by atoms with Crippen LogP contribution in [0.15, 0.2) is 41.1 Å². The number of halogens is 3. The molecule has 1 aromatic carbocycles. The van der Waals surface area contributed by atoms with Crippen molar-refractivity contribution in [2.24, 2.45) is 7.05 Å². The molecule has 0 N–H and O–H groups in total. The predicted octanol–water partition coefficient (Wildman–Crippen LogP) is 1.83. The molecule has 1 aromatic heterocycles. The highest BCUT2D eigenvalue weighted by atomic mass is 32.2. The lowest BCUT2D eigenvalue weighted by Crippen LogP contribution is -2.26. The van der Waals surface area contributed by atoms with Crippen LogP contribution in [0, 0.1) is 0 Å². The van der Waals surface area contributed by atoms with Crippen molar-refractivity contribution in [2.75, 3.05) is 7.11 Å². The van der Waals surface area contributed by atoms with E-state index in [0.717, 1.165) is 17.2 Å². The summed E-state index contributed by atoms with van der Waals surface area (Å²) >= 11 is 0. The van der Waals surface area contributed by atoms with E-state index in [2.05, 4.69) is 0 Å². The van der Waals surface area contributed by atoms with Crippen LogP contribution in [0.5, 0.6) is 5.75 Å². The van der Waals surface area contributed by atoms with Gasteiger partial charge in [-0.15, -0.1) is 0 Å². The fourth-order valence-corrected chi connectivity index (χ4v) is 1.34. The van der Waals surface area contributed by atoms with Crippen LogP contribution in [0.3, 0.4) is 0 Å². The lowest BCUT2D eigenvalue weighted by Gasteiger charge is -2.08. The second-order valence-corrected chi connectivity index (χ2v) is 5.32. The van der Waals surface area contributed by atoms with Crippen LogP contribution in [0.2, 0.25) is 0 Å². The molecule has 1 heterocycles. The molecule has 0 aliphatic carbocycles. The van der Waals surface area contributed by atoms with E-state index < -0.39 is 15.6 Å². The summed E-state index contributed by atoms with van der Waals surface area (Å²) < 4.78 is 71.3. The third-order valence-corrected chi connectivity index (χ3v) is 2.97. The second kappa shape index (κ2) is 6.79. The Hall–Kier alpha value is -2.07. The van der Waals surface area contributed by atoms with Gasteiger partial charge in [0.05, 0.1) is 12.7 Å². The van der Waals surface area contributed by atoms with Gasteiger partial charge in [0.1, 0.15) is 12.8 Å². The Morgan fingerprint density at radius 2 is 1.73 bits per heavy atom. The summed E-state index contributed by atoms with van der Waals surface area (Å²) in [7, 11) is -2.49. The largest absolute Gasteiger partial charge is 0.741 e. The Morgan fingerprint density at radius 3 is 2.05 bits per heavy atom. The number of alkyl halides is 3. The minimum absolute atomic E-state index is 0.840. The van der Waals surface area contributed by atoms with Gasteiger partial charge >= 0.3 is 11.4 Å². The van der Waals surface area contributed by atoms with E-state index in [1.165, 1.54) is 0 Å². The van der Waals surface area contributed by atoms with Gasteiger partial charge in [0.2, 0.25) is 6.20 Å². The van der Waals surface area contributed by atoms with Gasteiger partial charge in [-0.25, -0.2) is 8.42 Å². The van der Waals surface area contributed by atoms with E-state index in [0.29, 0.717) is 0 Å². The maximum absolute atomic E-state index is 10.7. The number of benzene rings is 1. The quantitative estimate of drug-likeness (QED) is 0.473. The maximum Gasteiger partial charge on any atom is 0.485 e. The van der Waals surface area contributed by atoms with Gasteiger partial charge in [0, 0.05) is 0 Å². The number of hydrogen-bond donors (Lipinski definition) is 0. The van der Waals surface area contributed by atoms with E-state index in [1.54, 1.807) is 13.4 Å². The summed E-state index contributed by atoms with van der Waals surface area (Å²) in [5.41, 5.74) is -4.61. The standard InChI is InChI=1S/C11H12NO2.CHF3O3S/c1-12-7-8-14-11(12)9-3-5-10(13-2)6-4-9;2-1(3,4)8(5,6)7/h3-8H,1-2H3;(H,5,6,7)/q+1;/p-1. The summed E-state index contributed by atoms with van der Waals surface area (Å²) in [6, 6.07) is 7.77. The minimum atomic E-state index is -6.09. The zero-order valence-corrected chi connectivity index (χ0v) is 12.3. The van der Waals surface area contributed by atoms with Crippen molar-refractivity contribution >= 4 is 10.1 Å². The highest BCUT2D eigenvalue weighted by Gasteiger charge is 2.36. The maximum atomic E-state index is 10.7. The number of rotatable bonds is 2. The van der Waals surface area contributed by atoms with Crippen molar-refractivity contribution in [1.82, 2.24) is 0 Å². The molecule has 2 rings (SSSR count). The summed E-state index contributed by atoms with van der Waals surface area (Å²) in [5, 5.41) is 0. The summed E-state index contributed by atoms with van der Waals surface area (Å²) in [4.78, 5) is 0. The van der Waals surface area contributed by atoms with Crippen LogP contribution < -0.4 is 9.30 Å². The number of nitrogens with zero attached hydrogens (tertiary/aromatic N) is 1. The molecule has 0 radical (unpaired) electrons. The van der Waals surface area contributed by atoms with Crippen molar-refractivity contribution in [3.8, 4) is 17.2 Å². The zero-order chi connectivity index (χ0) is 17.0. The molecule has 0 saturated carbocycles. The average Bonchev–Trinajstić information content (AvgIpc) is 2.83. The molecule has 0 atom stereocenters.